The van der Waals surface area contributed by atoms with E-state index < -0.39 is 17.4 Å². The Balaban J connectivity index is 1.96. The monoisotopic (exact) mass is 626 g/mol. The Labute approximate surface area is 280 Å². The van der Waals surface area contributed by atoms with E-state index in [4.69, 9.17) is 9.47 Å². The zero-order valence-corrected chi connectivity index (χ0v) is 29.5. The maximum atomic E-state index is 12.8. The largest absolute Gasteiger partial charge is 0.423 e. The Bertz CT molecular complexity index is 1820. The van der Waals surface area contributed by atoms with Crippen molar-refractivity contribution in [3.05, 3.63) is 142 Å². The van der Waals surface area contributed by atoms with Crippen LogP contribution in [-0.2, 0) is 25.8 Å². The van der Waals surface area contributed by atoms with Crippen LogP contribution in [0.15, 0.2) is 97.1 Å². The number of hydrogen-bond acceptors (Lipinski definition) is 4. The highest BCUT2D eigenvalue weighted by atomic mass is 16.5. The fourth-order valence-electron chi connectivity index (χ4n) is 6.85. The van der Waals surface area contributed by atoms with Crippen LogP contribution in [-0.4, -0.2) is 11.9 Å². The van der Waals surface area contributed by atoms with Crippen molar-refractivity contribution in [1.29, 1.82) is 0 Å². The molecule has 0 spiro atoms. The molecule has 0 bridgehead atoms. The molecule has 4 aromatic carbocycles. The van der Waals surface area contributed by atoms with Crippen molar-refractivity contribution in [1.82, 2.24) is 0 Å². The van der Waals surface area contributed by atoms with E-state index in [1.165, 1.54) is 22.3 Å². The van der Waals surface area contributed by atoms with Crippen molar-refractivity contribution in [3.63, 3.8) is 0 Å². The quantitative estimate of drug-likeness (QED) is 0.107. The second kappa shape index (κ2) is 11.8. The second-order valence-corrected chi connectivity index (χ2v) is 15.0. The van der Waals surface area contributed by atoms with Gasteiger partial charge in [0.25, 0.3) is 0 Å². The first-order valence-corrected chi connectivity index (χ1v) is 16.1. The van der Waals surface area contributed by atoms with Crippen LogP contribution in [0.1, 0.15) is 99.9 Å². The SMILES string of the molecule is C=C(C)C(=O)Oc1cc(C)c(C2(c3cc(C(C)(C)C)c(OC(=O)C(=C)C)cc3C)c3ccccc3-c3ccccc32)cc1C(C)(C)C. The van der Waals surface area contributed by atoms with Crippen LogP contribution in [0.4, 0.5) is 0 Å². The number of hydrogen-bond donors (Lipinski definition) is 0. The van der Waals surface area contributed by atoms with Gasteiger partial charge in [0.05, 0.1) is 5.41 Å². The molecule has 0 saturated carbocycles. The normalized spacial score (nSPS) is 13.4. The molecule has 0 atom stereocenters. The van der Waals surface area contributed by atoms with Gasteiger partial charge < -0.3 is 9.47 Å². The lowest BCUT2D eigenvalue weighted by molar-refractivity contribution is -0.131. The number of rotatable bonds is 6. The minimum atomic E-state index is -0.727. The molecular formula is C43H46O4. The highest BCUT2D eigenvalue weighted by molar-refractivity contribution is 5.91. The van der Waals surface area contributed by atoms with Crippen molar-refractivity contribution >= 4 is 11.9 Å². The third-order valence-electron chi connectivity index (χ3n) is 9.13. The summed E-state index contributed by atoms with van der Waals surface area (Å²) >= 11 is 0. The predicted octanol–water partition coefficient (Wildman–Crippen LogP) is 10.2. The average Bonchev–Trinajstić information content (AvgIpc) is 3.27. The highest BCUT2D eigenvalue weighted by Crippen LogP contribution is 2.59. The van der Waals surface area contributed by atoms with E-state index >= 15 is 0 Å². The van der Waals surface area contributed by atoms with Crippen LogP contribution in [0, 0.1) is 13.8 Å². The molecule has 0 radical (unpaired) electrons. The van der Waals surface area contributed by atoms with E-state index in [0.29, 0.717) is 22.6 Å². The molecule has 4 aromatic rings. The van der Waals surface area contributed by atoms with Gasteiger partial charge in [0, 0.05) is 22.3 Å². The molecule has 4 heteroatoms. The van der Waals surface area contributed by atoms with Gasteiger partial charge >= 0.3 is 11.9 Å². The van der Waals surface area contributed by atoms with Crippen LogP contribution in [0.3, 0.4) is 0 Å². The molecule has 0 heterocycles. The van der Waals surface area contributed by atoms with Gasteiger partial charge in [-0.25, -0.2) is 9.59 Å². The van der Waals surface area contributed by atoms with Crippen molar-refractivity contribution in [2.24, 2.45) is 0 Å². The van der Waals surface area contributed by atoms with E-state index in [1.54, 1.807) is 13.8 Å². The van der Waals surface area contributed by atoms with Gasteiger partial charge in [-0.3, -0.25) is 0 Å². The highest BCUT2D eigenvalue weighted by Gasteiger charge is 2.48. The number of esters is 2. The molecule has 0 amide bonds. The molecule has 242 valence electrons. The Hall–Kier alpha value is -4.70. The third-order valence-corrected chi connectivity index (χ3v) is 9.13. The zero-order valence-electron chi connectivity index (χ0n) is 29.5. The number of carbonyl (C=O) groups is 2. The summed E-state index contributed by atoms with van der Waals surface area (Å²) in [5, 5.41) is 0. The maximum Gasteiger partial charge on any atom is 0.338 e. The van der Waals surface area contributed by atoms with Gasteiger partial charge in [0.15, 0.2) is 0 Å². The molecule has 0 aliphatic heterocycles. The van der Waals surface area contributed by atoms with Crippen LogP contribution in [0.25, 0.3) is 11.1 Å². The number of ether oxygens (including phenoxy) is 2. The summed E-state index contributed by atoms with van der Waals surface area (Å²) in [5.41, 5.74) is 9.99. The predicted molar refractivity (Wildman–Crippen MR) is 192 cm³/mol. The summed E-state index contributed by atoms with van der Waals surface area (Å²) in [5.74, 6) is 0.185. The van der Waals surface area contributed by atoms with Gasteiger partial charge in [-0.1, -0.05) is 103 Å². The number of fused-ring (bicyclic) bond motifs is 3. The number of carbonyl (C=O) groups excluding carboxylic acids is 2. The lowest BCUT2D eigenvalue weighted by Crippen LogP contribution is -2.32. The summed E-state index contributed by atoms with van der Waals surface area (Å²) < 4.78 is 11.9. The Kier molecular flexibility index (Phi) is 8.47. The van der Waals surface area contributed by atoms with E-state index in [9.17, 15) is 9.59 Å². The van der Waals surface area contributed by atoms with Crippen molar-refractivity contribution < 1.29 is 19.1 Å². The maximum absolute atomic E-state index is 12.8. The molecule has 0 fully saturated rings. The summed E-state index contributed by atoms with van der Waals surface area (Å²) in [4.78, 5) is 25.6. The van der Waals surface area contributed by atoms with Crippen molar-refractivity contribution in [2.75, 3.05) is 0 Å². The summed E-state index contributed by atoms with van der Waals surface area (Å²) in [6.07, 6.45) is 0. The molecule has 4 nitrogen and oxygen atoms in total. The fraction of sp³-hybridized carbons (Fsp3) is 0.302. The lowest BCUT2D eigenvalue weighted by Gasteiger charge is -2.39. The van der Waals surface area contributed by atoms with Gasteiger partial charge in [0.1, 0.15) is 11.5 Å². The second-order valence-electron chi connectivity index (χ2n) is 15.0. The van der Waals surface area contributed by atoms with Crippen LogP contribution in [0.5, 0.6) is 11.5 Å². The summed E-state index contributed by atoms with van der Waals surface area (Å²) in [6.45, 7) is 27.9. The third kappa shape index (κ3) is 5.75. The smallest absolute Gasteiger partial charge is 0.338 e. The first-order chi connectivity index (χ1) is 21.9. The molecule has 0 unspecified atom stereocenters. The molecule has 0 N–H and O–H groups in total. The van der Waals surface area contributed by atoms with Crippen LogP contribution in [0.2, 0.25) is 0 Å². The van der Waals surface area contributed by atoms with E-state index in [1.807, 2.05) is 12.1 Å². The number of benzene rings is 4. The molecular weight excluding hydrogens is 580 g/mol. The topological polar surface area (TPSA) is 52.6 Å². The minimum Gasteiger partial charge on any atom is -0.423 e. The molecule has 1 aliphatic rings. The molecule has 47 heavy (non-hydrogen) atoms. The van der Waals surface area contributed by atoms with Crippen molar-refractivity contribution in [3.8, 4) is 22.6 Å². The standard InChI is InChI=1S/C43H46O4/c1-25(2)39(44)46-37-21-27(5)33(23-35(37)41(7,8)9)43(31-19-15-13-17-29(31)30-18-14-16-20-32(30)43)34-24-36(42(10,11)12)38(22-28(34)6)47-40(45)26(3)4/h13-24H,1,3H2,2,4-12H3. The summed E-state index contributed by atoms with van der Waals surface area (Å²) in [7, 11) is 0. The Morgan fingerprint density at radius 3 is 1.23 bits per heavy atom. The molecule has 5 rings (SSSR count). The first kappa shape index (κ1) is 33.7. The molecule has 0 aromatic heterocycles. The lowest BCUT2D eigenvalue weighted by atomic mass is 9.63. The van der Waals surface area contributed by atoms with E-state index in [0.717, 1.165) is 33.4 Å². The number of aryl methyl sites for hydroxylation is 2. The van der Waals surface area contributed by atoms with Crippen LogP contribution < -0.4 is 9.47 Å². The van der Waals surface area contributed by atoms with Gasteiger partial charge in [-0.15, -0.1) is 0 Å². The van der Waals surface area contributed by atoms with E-state index in [-0.39, 0.29) is 10.8 Å². The Morgan fingerprint density at radius 1 is 0.574 bits per heavy atom. The molecule has 0 saturated heterocycles. The first-order valence-electron chi connectivity index (χ1n) is 16.1. The average molecular weight is 627 g/mol. The van der Waals surface area contributed by atoms with Gasteiger partial charge in [-0.2, -0.15) is 0 Å². The summed E-state index contributed by atoms with van der Waals surface area (Å²) in [6, 6.07) is 25.7. The zero-order chi connectivity index (χ0) is 34.6. The fourth-order valence-corrected chi connectivity index (χ4v) is 6.85. The minimum absolute atomic E-state index is 0.347. The molecule has 1 aliphatic carbocycles. The van der Waals surface area contributed by atoms with Gasteiger partial charge in [0.2, 0.25) is 0 Å². The Morgan fingerprint density at radius 2 is 0.915 bits per heavy atom. The van der Waals surface area contributed by atoms with E-state index in [2.05, 4.69) is 129 Å². The van der Waals surface area contributed by atoms with Gasteiger partial charge in [-0.05, 0) is 107 Å². The van der Waals surface area contributed by atoms with Crippen LogP contribution >= 0.6 is 0 Å². The van der Waals surface area contributed by atoms with Crippen molar-refractivity contribution in [2.45, 2.75) is 85.5 Å².